The highest BCUT2D eigenvalue weighted by atomic mass is 16.5. The number of nitrogens with one attached hydrogen (secondary N) is 2. The Labute approximate surface area is 121 Å². The number of carbonyl (C=O) groups excluding carboxylic acids is 1. The highest BCUT2D eigenvalue weighted by Crippen LogP contribution is 2.48. The molecule has 0 heterocycles. The van der Waals surface area contributed by atoms with Crippen molar-refractivity contribution < 1.29 is 14.6 Å². The molecule has 2 saturated carbocycles. The van der Waals surface area contributed by atoms with Crippen molar-refractivity contribution in [2.24, 2.45) is 11.3 Å². The summed E-state index contributed by atoms with van der Waals surface area (Å²) in [5.41, 5.74) is 0.286. The van der Waals surface area contributed by atoms with Gasteiger partial charge in [-0.1, -0.05) is 6.42 Å². The molecule has 2 amide bonds. The first-order valence-corrected chi connectivity index (χ1v) is 7.82. The number of methoxy groups -OCH3 is 1. The van der Waals surface area contributed by atoms with Gasteiger partial charge in [0.2, 0.25) is 0 Å². The van der Waals surface area contributed by atoms with Crippen LogP contribution in [0.4, 0.5) is 4.79 Å². The van der Waals surface area contributed by atoms with Crippen molar-refractivity contribution in [3.05, 3.63) is 0 Å². The van der Waals surface area contributed by atoms with Crippen LogP contribution in [0.5, 0.6) is 0 Å². The van der Waals surface area contributed by atoms with Crippen LogP contribution < -0.4 is 10.6 Å². The number of aliphatic hydroxyl groups excluding tert-OH is 1. The molecule has 5 heteroatoms. The quantitative estimate of drug-likeness (QED) is 0.666. The Morgan fingerprint density at radius 2 is 2.15 bits per heavy atom. The van der Waals surface area contributed by atoms with E-state index in [1.807, 2.05) is 0 Å². The fourth-order valence-corrected chi connectivity index (χ4v) is 3.03. The summed E-state index contributed by atoms with van der Waals surface area (Å²) in [5.74, 6) is 0.424. The molecule has 0 saturated heterocycles. The SMILES string of the molecule is COCCC1(CNC(=O)NCC2CCCC(O)C2)CC1. The van der Waals surface area contributed by atoms with Gasteiger partial charge < -0.3 is 20.5 Å². The summed E-state index contributed by atoms with van der Waals surface area (Å²) in [6, 6.07) is -0.0752. The zero-order valence-electron chi connectivity index (χ0n) is 12.5. The molecule has 0 radical (unpaired) electrons. The lowest BCUT2D eigenvalue weighted by molar-refractivity contribution is 0.101. The number of hydrogen-bond acceptors (Lipinski definition) is 3. The van der Waals surface area contributed by atoms with Gasteiger partial charge in [-0.15, -0.1) is 0 Å². The van der Waals surface area contributed by atoms with E-state index in [0.29, 0.717) is 12.5 Å². The summed E-state index contributed by atoms with van der Waals surface area (Å²) in [6.45, 7) is 2.19. The Balaban J connectivity index is 1.58. The smallest absolute Gasteiger partial charge is 0.314 e. The number of hydrogen-bond donors (Lipinski definition) is 3. The van der Waals surface area contributed by atoms with Crippen molar-refractivity contribution in [3.63, 3.8) is 0 Å². The zero-order valence-corrected chi connectivity index (χ0v) is 12.5. The van der Waals surface area contributed by atoms with Crippen molar-refractivity contribution in [1.29, 1.82) is 0 Å². The molecule has 2 fully saturated rings. The van der Waals surface area contributed by atoms with Crippen LogP contribution in [0, 0.1) is 11.3 Å². The lowest BCUT2D eigenvalue weighted by Crippen LogP contribution is -2.41. The third kappa shape index (κ3) is 4.94. The second-order valence-electron chi connectivity index (χ2n) is 6.49. The van der Waals surface area contributed by atoms with E-state index < -0.39 is 0 Å². The zero-order chi connectivity index (χ0) is 14.4. The molecule has 0 bridgehead atoms. The van der Waals surface area contributed by atoms with Crippen LogP contribution in [0.1, 0.15) is 44.9 Å². The van der Waals surface area contributed by atoms with Gasteiger partial charge in [0.15, 0.2) is 0 Å². The van der Waals surface area contributed by atoms with Gasteiger partial charge in [-0.05, 0) is 49.9 Å². The predicted molar refractivity (Wildman–Crippen MR) is 77.5 cm³/mol. The second-order valence-corrected chi connectivity index (χ2v) is 6.49. The molecule has 0 aliphatic heterocycles. The van der Waals surface area contributed by atoms with Gasteiger partial charge in [0.25, 0.3) is 0 Å². The molecule has 2 rings (SSSR count). The Morgan fingerprint density at radius 1 is 1.35 bits per heavy atom. The molecule has 2 unspecified atom stereocenters. The van der Waals surface area contributed by atoms with E-state index in [1.165, 1.54) is 12.8 Å². The van der Waals surface area contributed by atoms with Crippen molar-refractivity contribution in [2.45, 2.75) is 51.0 Å². The number of amides is 2. The van der Waals surface area contributed by atoms with Crippen LogP contribution in [0.2, 0.25) is 0 Å². The maximum absolute atomic E-state index is 11.8. The van der Waals surface area contributed by atoms with Gasteiger partial charge in [-0.2, -0.15) is 0 Å². The molecule has 2 atom stereocenters. The molecule has 0 aromatic heterocycles. The topological polar surface area (TPSA) is 70.6 Å². The standard InChI is InChI=1S/C15H28N2O3/c1-20-8-7-15(5-6-15)11-17-14(19)16-10-12-3-2-4-13(18)9-12/h12-13,18H,2-11H2,1H3,(H2,16,17,19). The normalized spacial score (nSPS) is 27.9. The van der Waals surface area contributed by atoms with Gasteiger partial charge in [-0.25, -0.2) is 4.79 Å². The number of urea groups is 1. The second kappa shape index (κ2) is 7.27. The molecule has 0 aromatic rings. The fraction of sp³-hybridized carbons (Fsp3) is 0.933. The highest BCUT2D eigenvalue weighted by Gasteiger charge is 2.42. The minimum absolute atomic E-state index is 0.0752. The minimum Gasteiger partial charge on any atom is -0.393 e. The van der Waals surface area contributed by atoms with Crippen LogP contribution in [-0.2, 0) is 4.74 Å². The van der Waals surface area contributed by atoms with E-state index in [1.54, 1.807) is 7.11 Å². The molecule has 2 aliphatic rings. The van der Waals surface area contributed by atoms with Gasteiger partial charge in [0.05, 0.1) is 6.10 Å². The highest BCUT2D eigenvalue weighted by molar-refractivity contribution is 5.73. The summed E-state index contributed by atoms with van der Waals surface area (Å²) in [5, 5.41) is 15.5. The third-order valence-electron chi connectivity index (χ3n) is 4.72. The molecule has 2 aliphatic carbocycles. The minimum atomic E-state index is -0.178. The van der Waals surface area contributed by atoms with E-state index in [9.17, 15) is 9.90 Å². The van der Waals surface area contributed by atoms with Crippen LogP contribution in [0.15, 0.2) is 0 Å². The van der Waals surface area contributed by atoms with Crippen molar-refractivity contribution >= 4 is 6.03 Å². The van der Waals surface area contributed by atoms with Crippen LogP contribution in [0.25, 0.3) is 0 Å². The third-order valence-corrected chi connectivity index (χ3v) is 4.72. The van der Waals surface area contributed by atoms with Crippen LogP contribution in [-0.4, -0.2) is 44.0 Å². The largest absolute Gasteiger partial charge is 0.393 e. The summed E-state index contributed by atoms with van der Waals surface area (Å²) in [4.78, 5) is 11.8. The summed E-state index contributed by atoms with van der Waals surface area (Å²) >= 11 is 0. The molecular formula is C15H28N2O3. The maximum Gasteiger partial charge on any atom is 0.314 e. The first kappa shape index (κ1) is 15.6. The van der Waals surface area contributed by atoms with E-state index in [2.05, 4.69) is 10.6 Å². The van der Waals surface area contributed by atoms with Crippen molar-refractivity contribution in [1.82, 2.24) is 10.6 Å². The molecule has 5 nitrogen and oxygen atoms in total. The summed E-state index contributed by atoms with van der Waals surface area (Å²) in [7, 11) is 1.72. The van der Waals surface area contributed by atoms with Crippen molar-refractivity contribution in [3.8, 4) is 0 Å². The average Bonchev–Trinajstić information content (AvgIpc) is 3.21. The molecule has 116 valence electrons. The van der Waals surface area contributed by atoms with Gasteiger partial charge in [-0.3, -0.25) is 0 Å². The Hall–Kier alpha value is -0.810. The van der Waals surface area contributed by atoms with Gasteiger partial charge in [0.1, 0.15) is 0 Å². The molecule has 20 heavy (non-hydrogen) atoms. The number of rotatable bonds is 7. The van der Waals surface area contributed by atoms with Crippen LogP contribution in [0.3, 0.4) is 0 Å². The molecular weight excluding hydrogens is 256 g/mol. The van der Waals surface area contributed by atoms with Gasteiger partial charge in [0, 0.05) is 26.8 Å². The molecule has 0 aromatic carbocycles. The fourth-order valence-electron chi connectivity index (χ4n) is 3.03. The summed E-state index contributed by atoms with van der Waals surface area (Å²) < 4.78 is 5.11. The monoisotopic (exact) mass is 284 g/mol. The predicted octanol–water partition coefficient (Wildman–Crippen LogP) is 1.65. The first-order valence-electron chi connectivity index (χ1n) is 7.82. The van der Waals surface area contributed by atoms with Crippen molar-refractivity contribution in [2.75, 3.05) is 26.8 Å². The Kier molecular flexibility index (Phi) is 5.66. The average molecular weight is 284 g/mol. The first-order chi connectivity index (χ1) is 9.63. The molecule has 3 N–H and O–H groups in total. The Morgan fingerprint density at radius 3 is 2.80 bits per heavy atom. The maximum atomic E-state index is 11.8. The number of aliphatic hydroxyl groups is 1. The van der Waals surface area contributed by atoms with E-state index in [0.717, 1.165) is 45.3 Å². The van der Waals surface area contributed by atoms with Crippen LogP contribution >= 0.6 is 0 Å². The lowest BCUT2D eigenvalue weighted by atomic mass is 9.87. The van der Waals surface area contributed by atoms with E-state index >= 15 is 0 Å². The number of carbonyl (C=O) groups is 1. The number of ether oxygens (including phenoxy) is 1. The van der Waals surface area contributed by atoms with E-state index in [-0.39, 0.29) is 17.6 Å². The summed E-state index contributed by atoms with van der Waals surface area (Å²) in [6.07, 6.45) is 7.12. The Bertz CT molecular complexity index is 318. The van der Waals surface area contributed by atoms with Gasteiger partial charge >= 0.3 is 6.03 Å². The lowest BCUT2D eigenvalue weighted by Gasteiger charge is -2.26. The molecule has 0 spiro atoms. The van der Waals surface area contributed by atoms with E-state index in [4.69, 9.17) is 4.74 Å².